The number of aromatic nitrogens is 1. The fourth-order valence-electron chi connectivity index (χ4n) is 3.58. The van der Waals surface area contributed by atoms with E-state index in [9.17, 15) is 14.2 Å². The second-order valence-electron chi connectivity index (χ2n) is 8.19. The largest absolute Gasteiger partial charge is 0.491 e. The van der Waals surface area contributed by atoms with Crippen molar-refractivity contribution in [2.24, 2.45) is 0 Å². The topological polar surface area (TPSA) is 116 Å². The van der Waals surface area contributed by atoms with Crippen molar-refractivity contribution in [1.29, 1.82) is 0 Å². The van der Waals surface area contributed by atoms with Crippen LogP contribution in [0.25, 0.3) is 0 Å². The Labute approximate surface area is 209 Å². The van der Waals surface area contributed by atoms with Gasteiger partial charge in [0.15, 0.2) is 5.13 Å². The molecule has 0 bridgehead atoms. The molecule has 0 spiro atoms. The summed E-state index contributed by atoms with van der Waals surface area (Å²) in [6, 6.07) is 5.02. The third-order valence-electron chi connectivity index (χ3n) is 4.92. The van der Waals surface area contributed by atoms with E-state index < -0.39 is 7.60 Å². The molecule has 2 aromatic rings. The van der Waals surface area contributed by atoms with Crippen LogP contribution in [0.5, 0.6) is 11.5 Å². The molecule has 1 N–H and O–H groups in total. The van der Waals surface area contributed by atoms with Crippen molar-refractivity contribution >= 4 is 36.4 Å². The second kappa shape index (κ2) is 12.5. The molecule has 0 unspecified atom stereocenters. The third-order valence-corrected chi connectivity index (χ3v) is 7.74. The molecule has 1 aromatic carbocycles. The van der Waals surface area contributed by atoms with Gasteiger partial charge >= 0.3 is 7.60 Å². The molecule has 192 valence electrons. The number of ether oxygens (including phenoxy) is 2. The minimum Gasteiger partial charge on any atom is -0.491 e. The predicted molar refractivity (Wildman–Crippen MR) is 134 cm³/mol. The molecule has 1 aromatic heterocycles. The van der Waals surface area contributed by atoms with Crippen LogP contribution < -0.4 is 14.8 Å². The zero-order chi connectivity index (χ0) is 25.4. The molecule has 1 fully saturated rings. The van der Waals surface area contributed by atoms with E-state index in [1.807, 2.05) is 13.8 Å². The number of rotatable bonds is 13. The lowest BCUT2D eigenvalue weighted by Gasteiger charge is -2.17. The smallest absolute Gasteiger partial charge is 0.336 e. The van der Waals surface area contributed by atoms with Crippen molar-refractivity contribution in [2.75, 3.05) is 31.6 Å². The summed E-state index contributed by atoms with van der Waals surface area (Å²) in [6.45, 7) is 8.94. The van der Waals surface area contributed by atoms with Crippen molar-refractivity contribution in [3.05, 3.63) is 34.8 Å². The maximum absolute atomic E-state index is 13.0. The van der Waals surface area contributed by atoms with Crippen LogP contribution in [0.2, 0.25) is 0 Å². The number of likely N-dealkylation sites (tertiary alicyclic amines) is 1. The summed E-state index contributed by atoms with van der Waals surface area (Å²) in [4.78, 5) is 30.1. The molecule has 3 rings (SSSR count). The molecule has 0 aliphatic carbocycles. The number of nitrogens with zero attached hydrogens (tertiary/aromatic N) is 2. The molecule has 12 heteroatoms. The first-order valence-corrected chi connectivity index (χ1v) is 14.2. The monoisotopic (exact) mass is 525 g/mol. The van der Waals surface area contributed by atoms with Gasteiger partial charge in [-0.1, -0.05) is 0 Å². The van der Waals surface area contributed by atoms with Gasteiger partial charge in [-0.25, -0.2) is 4.98 Å². The summed E-state index contributed by atoms with van der Waals surface area (Å²) in [5, 5.41) is 4.85. The lowest BCUT2D eigenvalue weighted by Crippen LogP contribution is -2.23. The molecule has 0 radical (unpaired) electrons. The zero-order valence-electron chi connectivity index (χ0n) is 20.4. The Morgan fingerprint density at radius 2 is 1.97 bits per heavy atom. The van der Waals surface area contributed by atoms with Gasteiger partial charge in [-0.3, -0.25) is 19.5 Å². The second-order valence-corrected chi connectivity index (χ2v) is 11.1. The number of carbonyl (C=O) groups excluding carboxylic acids is 2. The summed E-state index contributed by atoms with van der Waals surface area (Å²) in [5.41, 5.74) is 0.854. The van der Waals surface area contributed by atoms with Crippen LogP contribution in [0.15, 0.2) is 23.6 Å². The van der Waals surface area contributed by atoms with Gasteiger partial charge in [0.25, 0.3) is 5.91 Å². The van der Waals surface area contributed by atoms with Crippen LogP contribution in [0, 0.1) is 0 Å². The molecule has 0 saturated carbocycles. The van der Waals surface area contributed by atoms with Gasteiger partial charge in [0.1, 0.15) is 17.6 Å². The highest BCUT2D eigenvalue weighted by molar-refractivity contribution is 7.53. The molecule has 2 heterocycles. The lowest BCUT2D eigenvalue weighted by molar-refractivity contribution is -0.117. The van der Waals surface area contributed by atoms with Gasteiger partial charge in [-0.15, -0.1) is 11.3 Å². The number of anilines is 1. The number of hydrogen-bond acceptors (Lipinski definition) is 9. The maximum Gasteiger partial charge on any atom is 0.336 e. The Morgan fingerprint density at radius 1 is 1.26 bits per heavy atom. The average Bonchev–Trinajstić information content (AvgIpc) is 3.42. The van der Waals surface area contributed by atoms with Crippen LogP contribution in [0.1, 0.15) is 50.2 Å². The van der Waals surface area contributed by atoms with E-state index in [4.69, 9.17) is 18.5 Å². The van der Waals surface area contributed by atoms with Crippen LogP contribution in [-0.4, -0.2) is 60.7 Å². The van der Waals surface area contributed by atoms with Crippen LogP contribution in [0.3, 0.4) is 0 Å². The highest BCUT2D eigenvalue weighted by Gasteiger charge is 2.26. The molecule has 10 nitrogen and oxygen atoms in total. The molecule has 1 saturated heterocycles. The first kappa shape index (κ1) is 27.1. The number of nitrogens with one attached hydrogen (secondary N) is 1. The van der Waals surface area contributed by atoms with Crippen molar-refractivity contribution in [2.45, 2.75) is 52.5 Å². The van der Waals surface area contributed by atoms with E-state index in [0.717, 1.165) is 6.41 Å². The first-order valence-electron chi connectivity index (χ1n) is 11.5. The van der Waals surface area contributed by atoms with Crippen molar-refractivity contribution in [3.8, 4) is 11.5 Å². The van der Waals surface area contributed by atoms with E-state index in [1.165, 1.54) is 11.3 Å². The summed E-state index contributed by atoms with van der Waals surface area (Å²) in [5.74, 6) is 0.603. The maximum atomic E-state index is 13.0. The van der Waals surface area contributed by atoms with Crippen LogP contribution >= 0.6 is 18.9 Å². The van der Waals surface area contributed by atoms with E-state index in [0.29, 0.717) is 47.4 Å². The van der Waals surface area contributed by atoms with E-state index >= 15 is 0 Å². The van der Waals surface area contributed by atoms with Crippen LogP contribution in [-0.2, 0) is 24.6 Å². The van der Waals surface area contributed by atoms with Gasteiger partial charge < -0.3 is 23.4 Å². The molecule has 1 aliphatic heterocycles. The Morgan fingerprint density at radius 3 is 2.60 bits per heavy atom. The highest BCUT2D eigenvalue weighted by Crippen LogP contribution is 2.51. The van der Waals surface area contributed by atoms with Gasteiger partial charge in [0.2, 0.25) is 6.41 Å². The number of hydrogen-bond donors (Lipinski definition) is 1. The van der Waals surface area contributed by atoms with Crippen molar-refractivity contribution < 1.29 is 32.7 Å². The number of thiazole rings is 1. The minimum absolute atomic E-state index is 0.0238. The van der Waals surface area contributed by atoms with Crippen molar-refractivity contribution in [3.63, 3.8) is 0 Å². The summed E-state index contributed by atoms with van der Waals surface area (Å²) in [7, 11) is -3.30. The summed E-state index contributed by atoms with van der Waals surface area (Å²) in [6.07, 6.45) is 1.30. The molecular weight excluding hydrogens is 493 g/mol. The molecule has 35 heavy (non-hydrogen) atoms. The predicted octanol–water partition coefficient (Wildman–Crippen LogP) is 4.56. The Bertz CT molecular complexity index is 1050. The Balaban J connectivity index is 1.73. The Hall–Kier alpha value is -2.46. The van der Waals surface area contributed by atoms with Crippen LogP contribution in [0.4, 0.5) is 5.13 Å². The third kappa shape index (κ3) is 8.03. The van der Waals surface area contributed by atoms with Crippen molar-refractivity contribution in [1.82, 2.24) is 9.88 Å². The average molecular weight is 526 g/mol. The molecular formula is C23H32N3O7PS. The lowest BCUT2D eigenvalue weighted by atomic mass is 10.2. The van der Waals surface area contributed by atoms with E-state index in [-0.39, 0.29) is 37.5 Å². The normalized spacial score (nSPS) is 15.9. The van der Waals surface area contributed by atoms with E-state index in [2.05, 4.69) is 10.3 Å². The number of benzene rings is 1. The quantitative estimate of drug-likeness (QED) is 0.299. The fraction of sp³-hybridized carbons (Fsp3) is 0.522. The molecule has 1 atom stereocenters. The minimum atomic E-state index is -3.30. The van der Waals surface area contributed by atoms with Gasteiger partial charge in [0, 0.05) is 30.0 Å². The summed E-state index contributed by atoms with van der Waals surface area (Å²) >= 11 is 1.22. The van der Waals surface area contributed by atoms with Gasteiger partial charge in [-0.05, 0) is 39.8 Å². The highest BCUT2D eigenvalue weighted by atomic mass is 32.1. The SMILES string of the molecule is CCOP(=O)(Cc1csc(NC(=O)c2cc(OC(C)C)cc(O[C@@H]3CCN(C=O)C3)c2)n1)OCC. The summed E-state index contributed by atoms with van der Waals surface area (Å²) < 4.78 is 35.3. The molecule has 1 aliphatic rings. The number of carbonyl (C=O) groups is 2. The van der Waals surface area contributed by atoms with E-state index in [1.54, 1.807) is 42.3 Å². The fourth-order valence-corrected chi connectivity index (χ4v) is 6.01. The van der Waals surface area contributed by atoms with Gasteiger partial charge in [-0.2, -0.15) is 0 Å². The number of amides is 2. The first-order chi connectivity index (χ1) is 16.7. The zero-order valence-corrected chi connectivity index (χ0v) is 22.1. The van der Waals surface area contributed by atoms with Gasteiger partial charge in [0.05, 0.1) is 37.7 Å². The standard InChI is InChI=1S/C23H32N3O7PS/c1-5-30-34(29,31-6-2)13-18-14-35-23(24-18)25-22(28)17-9-20(32-16(3)4)11-21(10-17)33-19-7-8-26(12-19)15-27/h9-11,14-16,19H,5-8,12-13H2,1-4H3,(H,24,25,28)/t19-/m1/s1. The molecule has 2 amide bonds. The Kier molecular flexibility index (Phi) is 9.68.